The number of hydrogen-bond donors (Lipinski definition) is 1. The Labute approximate surface area is 114 Å². The SMILES string of the molecule is COC1CCCN(C(=O)C2(N)CCOCC2)C1.Cl. The molecule has 2 heterocycles. The van der Waals surface area contributed by atoms with Crippen LogP contribution in [0.4, 0.5) is 0 Å². The summed E-state index contributed by atoms with van der Waals surface area (Å²) in [6.07, 6.45) is 3.44. The number of methoxy groups -OCH3 is 1. The molecule has 5 nitrogen and oxygen atoms in total. The molecule has 0 aromatic rings. The lowest BCUT2D eigenvalue weighted by Gasteiger charge is -2.40. The molecule has 0 aliphatic carbocycles. The van der Waals surface area contributed by atoms with Gasteiger partial charge in [-0.25, -0.2) is 0 Å². The predicted molar refractivity (Wildman–Crippen MR) is 70.8 cm³/mol. The summed E-state index contributed by atoms with van der Waals surface area (Å²) < 4.78 is 10.6. The second kappa shape index (κ2) is 6.70. The number of rotatable bonds is 2. The van der Waals surface area contributed by atoms with Gasteiger partial charge < -0.3 is 20.1 Å². The first-order valence-corrected chi connectivity index (χ1v) is 6.34. The van der Waals surface area contributed by atoms with Crippen molar-refractivity contribution >= 4 is 18.3 Å². The number of likely N-dealkylation sites (tertiary alicyclic amines) is 1. The van der Waals surface area contributed by atoms with Gasteiger partial charge in [-0.1, -0.05) is 0 Å². The number of nitrogens with zero attached hydrogens (tertiary/aromatic N) is 1. The van der Waals surface area contributed by atoms with E-state index in [4.69, 9.17) is 15.2 Å². The van der Waals surface area contributed by atoms with Gasteiger partial charge in [0.05, 0.1) is 11.6 Å². The first kappa shape index (κ1) is 15.7. The van der Waals surface area contributed by atoms with Gasteiger partial charge in [-0.2, -0.15) is 0 Å². The van der Waals surface area contributed by atoms with Crippen molar-refractivity contribution in [2.45, 2.75) is 37.3 Å². The highest BCUT2D eigenvalue weighted by Crippen LogP contribution is 2.23. The van der Waals surface area contributed by atoms with Crippen molar-refractivity contribution in [1.82, 2.24) is 4.90 Å². The van der Waals surface area contributed by atoms with Crippen LogP contribution in [0.1, 0.15) is 25.7 Å². The third-order valence-corrected chi connectivity index (χ3v) is 3.81. The van der Waals surface area contributed by atoms with Gasteiger partial charge in [0, 0.05) is 33.4 Å². The van der Waals surface area contributed by atoms with Crippen LogP contribution < -0.4 is 5.73 Å². The summed E-state index contributed by atoms with van der Waals surface area (Å²) in [5, 5.41) is 0. The van der Waals surface area contributed by atoms with E-state index < -0.39 is 5.54 Å². The zero-order chi connectivity index (χ0) is 12.3. The van der Waals surface area contributed by atoms with Gasteiger partial charge in [-0.3, -0.25) is 4.79 Å². The lowest BCUT2D eigenvalue weighted by atomic mass is 9.89. The molecule has 18 heavy (non-hydrogen) atoms. The fourth-order valence-electron chi connectivity index (χ4n) is 2.58. The first-order valence-electron chi connectivity index (χ1n) is 6.34. The number of hydrogen-bond acceptors (Lipinski definition) is 4. The molecule has 1 atom stereocenters. The number of carbonyl (C=O) groups excluding carboxylic acids is 1. The largest absolute Gasteiger partial charge is 0.381 e. The van der Waals surface area contributed by atoms with Gasteiger partial charge in [0.15, 0.2) is 0 Å². The van der Waals surface area contributed by atoms with Crippen LogP contribution in [0.3, 0.4) is 0 Å². The summed E-state index contributed by atoms with van der Waals surface area (Å²) in [6, 6.07) is 0. The Morgan fingerprint density at radius 3 is 2.72 bits per heavy atom. The molecule has 2 fully saturated rings. The molecule has 2 aliphatic rings. The Hall–Kier alpha value is -0.360. The molecule has 0 spiro atoms. The molecule has 0 aromatic carbocycles. The molecule has 2 rings (SSSR count). The van der Waals surface area contributed by atoms with Gasteiger partial charge in [0.25, 0.3) is 0 Å². The van der Waals surface area contributed by atoms with E-state index in [0.717, 1.165) is 19.4 Å². The van der Waals surface area contributed by atoms with Crippen LogP contribution in [-0.4, -0.2) is 55.9 Å². The molecule has 0 saturated carbocycles. The van der Waals surface area contributed by atoms with Crippen molar-refractivity contribution in [2.24, 2.45) is 5.73 Å². The van der Waals surface area contributed by atoms with Crippen LogP contribution in [-0.2, 0) is 14.3 Å². The molecule has 2 N–H and O–H groups in total. The minimum Gasteiger partial charge on any atom is -0.381 e. The number of piperidine rings is 1. The second-order valence-corrected chi connectivity index (χ2v) is 5.02. The molecule has 2 aliphatic heterocycles. The number of halogens is 1. The van der Waals surface area contributed by atoms with Crippen LogP contribution in [0.15, 0.2) is 0 Å². The van der Waals surface area contributed by atoms with E-state index in [-0.39, 0.29) is 24.4 Å². The molecule has 1 amide bonds. The molecule has 106 valence electrons. The maximum atomic E-state index is 12.4. The lowest BCUT2D eigenvalue weighted by Crippen LogP contribution is -2.60. The van der Waals surface area contributed by atoms with E-state index in [2.05, 4.69) is 0 Å². The summed E-state index contributed by atoms with van der Waals surface area (Å²) in [4.78, 5) is 14.3. The summed E-state index contributed by atoms with van der Waals surface area (Å²) in [6.45, 7) is 2.65. The van der Waals surface area contributed by atoms with Gasteiger partial charge >= 0.3 is 0 Å². The highest BCUT2D eigenvalue weighted by molar-refractivity contribution is 5.86. The van der Waals surface area contributed by atoms with E-state index in [0.29, 0.717) is 32.6 Å². The average Bonchev–Trinajstić information content (AvgIpc) is 2.39. The van der Waals surface area contributed by atoms with Crippen LogP contribution >= 0.6 is 12.4 Å². The zero-order valence-electron chi connectivity index (χ0n) is 10.9. The Bertz CT molecular complexity index is 282. The van der Waals surface area contributed by atoms with Crippen molar-refractivity contribution in [3.8, 4) is 0 Å². The third kappa shape index (κ3) is 3.35. The Kier molecular flexibility index (Phi) is 5.85. The van der Waals surface area contributed by atoms with Crippen LogP contribution in [0.5, 0.6) is 0 Å². The van der Waals surface area contributed by atoms with Crippen LogP contribution in [0.25, 0.3) is 0 Å². The van der Waals surface area contributed by atoms with E-state index >= 15 is 0 Å². The maximum Gasteiger partial charge on any atom is 0.242 e. The van der Waals surface area contributed by atoms with E-state index in [9.17, 15) is 4.79 Å². The molecule has 0 radical (unpaired) electrons. The fourth-order valence-corrected chi connectivity index (χ4v) is 2.58. The summed E-state index contributed by atoms with van der Waals surface area (Å²) >= 11 is 0. The Balaban J connectivity index is 0.00000162. The minimum atomic E-state index is -0.714. The van der Waals surface area contributed by atoms with E-state index in [1.165, 1.54) is 0 Å². The van der Waals surface area contributed by atoms with Crippen LogP contribution in [0.2, 0.25) is 0 Å². The lowest BCUT2D eigenvalue weighted by molar-refractivity contribution is -0.144. The smallest absolute Gasteiger partial charge is 0.242 e. The highest BCUT2D eigenvalue weighted by Gasteiger charge is 2.40. The molecule has 0 bridgehead atoms. The standard InChI is InChI=1S/C12H22N2O3.ClH/c1-16-10-3-2-6-14(9-10)11(15)12(13)4-7-17-8-5-12;/h10H,2-9,13H2,1H3;1H. The van der Waals surface area contributed by atoms with Crippen molar-refractivity contribution in [3.63, 3.8) is 0 Å². The molecule has 6 heteroatoms. The minimum absolute atomic E-state index is 0. The highest BCUT2D eigenvalue weighted by atomic mass is 35.5. The topological polar surface area (TPSA) is 64.8 Å². The second-order valence-electron chi connectivity index (χ2n) is 5.02. The van der Waals surface area contributed by atoms with Gasteiger partial charge in [0.2, 0.25) is 5.91 Å². The van der Waals surface area contributed by atoms with Crippen molar-refractivity contribution in [2.75, 3.05) is 33.4 Å². The number of amides is 1. The molecular formula is C12H23ClN2O3. The van der Waals surface area contributed by atoms with Crippen molar-refractivity contribution in [1.29, 1.82) is 0 Å². The van der Waals surface area contributed by atoms with Gasteiger partial charge in [-0.15, -0.1) is 12.4 Å². The van der Waals surface area contributed by atoms with E-state index in [1.54, 1.807) is 7.11 Å². The van der Waals surface area contributed by atoms with Gasteiger partial charge in [-0.05, 0) is 25.7 Å². The normalized spacial score (nSPS) is 27.4. The van der Waals surface area contributed by atoms with Crippen LogP contribution in [0, 0.1) is 0 Å². The summed E-state index contributed by atoms with van der Waals surface area (Å²) in [7, 11) is 1.70. The quantitative estimate of drug-likeness (QED) is 0.801. The molecule has 2 saturated heterocycles. The fraction of sp³-hybridized carbons (Fsp3) is 0.917. The zero-order valence-corrected chi connectivity index (χ0v) is 11.7. The third-order valence-electron chi connectivity index (χ3n) is 3.81. The predicted octanol–water partition coefficient (Wildman–Crippen LogP) is 0.554. The number of ether oxygens (including phenoxy) is 2. The summed E-state index contributed by atoms with van der Waals surface area (Å²) in [5.74, 6) is 0.0718. The maximum absolute atomic E-state index is 12.4. The van der Waals surface area contributed by atoms with Crippen molar-refractivity contribution < 1.29 is 14.3 Å². The van der Waals surface area contributed by atoms with Gasteiger partial charge in [0.1, 0.15) is 0 Å². The molecular weight excluding hydrogens is 256 g/mol. The number of nitrogens with two attached hydrogens (primary N) is 1. The van der Waals surface area contributed by atoms with Crippen molar-refractivity contribution in [3.05, 3.63) is 0 Å². The number of carbonyl (C=O) groups is 1. The molecule has 1 unspecified atom stereocenters. The Morgan fingerprint density at radius 2 is 2.11 bits per heavy atom. The average molecular weight is 279 g/mol. The Morgan fingerprint density at radius 1 is 1.44 bits per heavy atom. The monoisotopic (exact) mass is 278 g/mol. The van der Waals surface area contributed by atoms with E-state index in [1.807, 2.05) is 4.90 Å². The first-order chi connectivity index (χ1) is 8.15. The molecule has 0 aromatic heterocycles. The summed E-state index contributed by atoms with van der Waals surface area (Å²) in [5.41, 5.74) is 5.49.